The molecule has 0 aliphatic carbocycles. The lowest BCUT2D eigenvalue weighted by Crippen LogP contribution is -2.05. The lowest BCUT2D eigenvalue weighted by Gasteiger charge is -2.11. The Morgan fingerprint density at radius 2 is 1.31 bits per heavy atom. The van der Waals surface area contributed by atoms with Crippen molar-refractivity contribution in [3.63, 3.8) is 0 Å². The molecule has 138 valence electrons. The van der Waals surface area contributed by atoms with Crippen molar-refractivity contribution < 1.29 is 0 Å². The Bertz CT molecular complexity index is 1540. The molecule has 0 spiro atoms. The molecule has 4 aromatic carbocycles. The first-order valence-corrected chi connectivity index (χ1v) is 9.90. The number of nitrogens with zero attached hydrogens (tertiary/aromatic N) is 3. The number of para-hydroxylation sites is 3. The molecule has 0 fully saturated rings. The molecule has 3 nitrogen and oxygen atoms in total. The minimum Gasteiger partial charge on any atom is -0.334 e. The van der Waals surface area contributed by atoms with Crippen LogP contribution < -0.4 is 0 Å². The van der Waals surface area contributed by atoms with E-state index < -0.39 is 0 Å². The quantitative estimate of drug-likeness (QED) is 0.359. The minimum atomic E-state index is 0.700. The van der Waals surface area contributed by atoms with Crippen LogP contribution in [0.3, 0.4) is 0 Å². The summed E-state index contributed by atoms with van der Waals surface area (Å²) >= 11 is 0. The van der Waals surface area contributed by atoms with E-state index in [4.69, 9.17) is 9.97 Å². The topological polar surface area (TPSA) is 30.7 Å². The van der Waals surface area contributed by atoms with Gasteiger partial charge in [-0.25, -0.2) is 9.97 Å². The number of hydrogen-bond donors (Lipinski definition) is 0. The first-order chi connectivity index (χ1) is 14.3. The fourth-order valence-corrected chi connectivity index (χ4v) is 4.33. The highest BCUT2D eigenvalue weighted by atomic mass is 15.0. The monoisotopic (exact) mass is 373 g/mol. The number of hydrogen-bond acceptors (Lipinski definition) is 2. The molecular weight excluding hydrogens is 354 g/mol. The predicted octanol–water partition coefficient (Wildman–Crippen LogP) is 6.25. The molecule has 2 heterocycles. The summed E-state index contributed by atoms with van der Waals surface area (Å²) in [5, 5.41) is 5.08. The molecular formula is C26H19N3. The fourth-order valence-electron chi connectivity index (χ4n) is 4.33. The van der Waals surface area contributed by atoms with E-state index in [-0.39, 0.29) is 0 Å². The number of aryl methyl sites for hydroxylation is 1. The highest BCUT2D eigenvalue weighted by Gasteiger charge is 2.14. The summed E-state index contributed by atoms with van der Waals surface area (Å²) in [4.78, 5) is 9.73. The maximum atomic E-state index is 4.94. The van der Waals surface area contributed by atoms with E-state index in [9.17, 15) is 0 Å². The van der Waals surface area contributed by atoms with Gasteiger partial charge in [-0.1, -0.05) is 54.6 Å². The van der Waals surface area contributed by atoms with Gasteiger partial charge in [-0.15, -0.1) is 0 Å². The van der Waals surface area contributed by atoms with Crippen LogP contribution in [0.1, 0.15) is 11.4 Å². The van der Waals surface area contributed by atoms with Gasteiger partial charge in [0.25, 0.3) is 0 Å². The highest BCUT2D eigenvalue weighted by Crippen LogP contribution is 2.33. The number of benzene rings is 4. The SMILES string of the molecule is Cc1nc2ccccc2nc1Cn1c2ccccc2c2cc3ccccc3cc21. The molecule has 0 unspecified atom stereocenters. The van der Waals surface area contributed by atoms with Gasteiger partial charge in [0.1, 0.15) is 0 Å². The van der Waals surface area contributed by atoms with Gasteiger partial charge in [-0.3, -0.25) is 0 Å². The summed E-state index contributed by atoms with van der Waals surface area (Å²) in [6.07, 6.45) is 0. The van der Waals surface area contributed by atoms with Crippen LogP contribution in [0.4, 0.5) is 0 Å². The molecule has 6 rings (SSSR count). The number of fused-ring (bicyclic) bond motifs is 5. The van der Waals surface area contributed by atoms with Gasteiger partial charge in [-0.05, 0) is 48.0 Å². The van der Waals surface area contributed by atoms with Crippen molar-refractivity contribution >= 4 is 43.6 Å². The van der Waals surface area contributed by atoms with Crippen LogP contribution in [0, 0.1) is 6.92 Å². The lowest BCUT2D eigenvalue weighted by atomic mass is 10.1. The Kier molecular flexibility index (Phi) is 3.44. The second-order valence-electron chi connectivity index (χ2n) is 7.56. The summed E-state index contributed by atoms with van der Waals surface area (Å²) in [6, 6.07) is 29.9. The molecule has 0 saturated carbocycles. The van der Waals surface area contributed by atoms with E-state index in [1.54, 1.807) is 0 Å². The average molecular weight is 373 g/mol. The highest BCUT2D eigenvalue weighted by molar-refractivity contribution is 6.12. The van der Waals surface area contributed by atoms with Crippen LogP contribution in [0.5, 0.6) is 0 Å². The zero-order valence-corrected chi connectivity index (χ0v) is 16.1. The average Bonchev–Trinajstić information content (AvgIpc) is 3.05. The van der Waals surface area contributed by atoms with Crippen molar-refractivity contribution in [1.82, 2.24) is 14.5 Å². The lowest BCUT2D eigenvalue weighted by molar-refractivity contribution is 0.822. The van der Waals surface area contributed by atoms with Gasteiger partial charge in [-0.2, -0.15) is 0 Å². The zero-order chi connectivity index (χ0) is 19.4. The summed E-state index contributed by atoms with van der Waals surface area (Å²) in [5.74, 6) is 0. The first kappa shape index (κ1) is 16.3. The molecule has 0 N–H and O–H groups in total. The van der Waals surface area contributed by atoms with Gasteiger partial charge in [0.15, 0.2) is 0 Å². The Balaban J connectivity index is 1.64. The Morgan fingerprint density at radius 1 is 0.655 bits per heavy atom. The van der Waals surface area contributed by atoms with E-state index in [0.29, 0.717) is 6.54 Å². The van der Waals surface area contributed by atoms with Gasteiger partial charge >= 0.3 is 0 Å². The van der Waals surface area contributed by atoms with Gasteiger partial charge in [0, 0.05) is 16.3 Å². The zero-order valence-electron chi connectivity index (χ0n) is 16.1. The van der Waals surface area contributed by atoms with Crippen molar-refractivity contribution in [3.8, 4) is 0 Å². The number of rotatable bonds is 2. The normalized spacial score (nSPS) is 11.8. The smallest absolute Gasteiger partial charge is 0.0891 e. The van der Waals surface area contributed by atoms with Crippen LogP contribution in [0.15, 0.2) is 84.9 Å². The summed E-state index contributed by atoms with van der Waals surface area (Å²) in [7, 11) is 0. The molecule has 0 amide bonds. The predicted molar refractivity (Wildman–Crippen MR) is 120 cm³/mol. The largest absolute Gasteiger partial charge is 0.334 e. The van der Waals surface area contributed by atoms with Gasteiger partial charge in [0.05, 0.1) is 34.5 Å². The molecule has 0 aliphatic rings. The number of aromatic nitrogens is 3. The van der Waals surface area contributed by atoms with E-state index in [2.05, 4.69) is 72.2 Å². The van der Waals surface area contributed by atoms with Gasteiger partial charge in [0.2, 0.25) is 0 Å². The Hall–Kier alpha value is -3.72. The van der Waals surface area contributed by atoms with Crippen LogP contribution in [-0.2, 0) is 6.54 Å². The molecule has 0 bridgehead atoms. The second kappa shape index (κ2) is 6.14. The third-order valence-electron chi connectivity index (χ3n) is 5.79. The van der Waals surface area contributed by atoms with E-state index in [1.165, 1.54) is 32.6 Å². The van der Waals surface area contributed by atoms with Crippen molar-refractivity contribution in [2.75, 3.05) is 0 Å². The van der Waals surface area contributed by atoms with Crippen LogP contribution in [-0.4, -0.2) is 14.5 Å². The molecule has 0 saturated heterocycles. The second-order valence-corrected chi connectivity index (χ2v) is 7.56. The van der Waals surface area contributed by atoms with E-state index in [0.717, 1.165) is 22.4 Å². The molecule has 0 radical (unpaired) electrons. The molecule has 3 heteroatoms. The third-order valence-corrected chi connectivity index (χ3v) is 5.79. The summed E-state index contributed by atoms with van der Waals surface area (Å²) in [6.45, 7) is 2.75. The van der Waals surface area contributed by atoms with Crippen LogP contribution in [0.25, 0.3) is 43.6 Å². The van der Waals surface area contributed by atoms with Gasteiger partial charge < -0.3 is 4.57 Å². The molecule has 2 aromatic heterocycles. The van der Waals surface area contributed by atoms with Crippen molar-refractivity contribution in [2.24, 2.45) is 0 Å². The van der Waals surface area contributed by atoms with Crippen molar-refractivity contribution in [2.45, 2.75) is 13.5 Å². The Labute approximate surface area is 168 Å². The summed E-state index contributed by atoms with van der Waals surface area (Å²) < 4.78 is 2.38. The molecule has 29 heavy (non-hydrogen) atoms. The standard InChI is InChI=1S/C26H19N3/c1-17-24(28-23-12-6-5-11-22(23)27-17)16-29-25-13-7-4-10-20(25)21-14-18-8-2-3-9-19(18)15-26(21)29/h2-15H,16H2,1H3. The first-order valence-electron chi connectivity index (χ1n) is 9.90. The molecule has 0 aliphatic heterocycles. The van der Waals surface area contributed by atoms with E-state index in [1.807, 2.05) is 24.3 Å². The maximum Gasteiger partial charge on any atom is 0.0891 e. The minimum absolute atomic E-state index is 0.700. The van der Waals surface area contributed by atoms with Crippen LogP contribution >= 0.6 is 0 Å². The molecule has 6 aromatic rings. The van der Waals surface area contributed by atoms with E-state index >= 15 is 0 Å². The summed E-state index contributed by atoms with van der Waals surface area (Å²) in [5.41, 5.74) is 6.35. The Morgan fingerprint density at radius 3 is 2.14 bits per heavy atom. The third kappa shape index (κ3) is 2.51. The van der Waals surface area contributed by atoms with Crippen molar-refractivity contribution in [1.29, 1.82) is 0 Å². The molecule has 0 atom stereocenters. The maximum absolute atomic E-state index is 4.94. The van der Waals surface area contributed by atoms with Crippen LogP contribution in [0.2, 0.25) is 0 Å². The van der Waals surface area contributed by atoms with Crippen molar-refractivity contribution in [3.05, 3.63) is 96.3 Å². The fraction of sp³-hybridized carbons (Fsp3) is 0.0769.